The van der Waals surface area contributed by atoms with Crippen LogP contribution in [-0.4, -0.2) is 37.6 Å². The maximum atomic E-state index is 12.1. The fraction of sp³-hybridized carbons (Fsp3) is 0.562. The van der Waals surface area contributed by atoms with Gasteiger partial charge in [0.15, 0.2) is 0 Å². The molecule has 0 aromatic heterocycles. The van der Waals surface area contributed by atoms with Crippen LogP contribution in [-0.2, 0) is 4.79 Å². The van der Waals surface area contributed by atoms with Crippen molar-refractivity contribution in [1.29, 1.82) is 0 Å². The van der Waals surface area contributed by atoms with E-state index in [1.54, 1.807) is 25.3 Å². The second-order valence-electron chi connectivity index (χ2n) is 5.10. The molecular weight excluding hydrogens is 266 g/mol. The SMILES string of the molecule is CCCN(CCC)CCC(=O)Nc1ccc(N)cc1OC. The minimum atomic E-state index is -0.00437. The minimum absolute atomic E-state index is 0.00437. The predicted molar refractivity (Wildman–Crippen MR) is 87.7 cm³/mol. The van der Waals surface area contributed by atoms with Crippen molar-refractivity contribution >= 4 is 17.3 Å². The van der Waals surface area contributed by atoms with Crippen LogP contribution in [0.4, 0.5) is 11.4 Å². The van der Waals surface area contributed by atoms with E-state index in [0.717, 1.165) is 32.5 Å². The Hall–Kier alpha value is -1.75. The van der Waals surface area contributed by atoms with Gasteiger partial charge in [0.2, 0.25) is 5.91 Å². The number of methoxy groups -OCH3 is 1. The van der Waals surface area contributed by atoms with Crippen LogP contribution < -0.4 is 15.8 Å². The van der Waals surface area contributed by atoms with Gasteiger partial charge in [-0.3, -0.25) is 4.79 Å². The van der Waals surface area contributed by atoms with Gasteiger partial charge in [0.05, 0.1) is 12.8 Å². The summed E-state index contributed by atoms with van der Waals surface area (Å²) in [6.07, 6.45) is 2.69. The summed E-state index contributed by atoms with van der Waals surface area (Å²) < 4.78 is 5.22. The van der Waals surface area contributed by atoms with Crippen molar-refractivity contribution in [3.63, 3.8) is 0 Å². The largest absolute Gasteiger partial charge is 0.494 e. The van der Waals surface area contributed by atoms with Crippen molar-refractivity contribution < 1.29 is 9.53 Å². The predicted octanol–water partition coefficient (Wildman–Crippen LogP) is 2.73. The van der Waals surface area contributed by atoms with Crippen LogP contribution in [0.25, 0.3) is 0 Å². The van der Waals surface area contributed by atoms with Crippen molar-refractivity contribution in [2.24, 2.45) is 0 Å². The molecule has 118 valence electrons. The smallest absolute Gasteiger partial charge is 0.225 e. The molecule has 0 unspecified atom stereocenters. The number of nitrogens with zero attached hydrogens (tertiary/aromatic N) is 1. The van der Waals surface area contributed by atoms with Gasteiger partial charge in [0, 0.05) is 24.7 Å². The maximum Gasteiger partial charge on any atom is 0.225 e. The molecule has 0 radical (unpaired) electrons. The van der Waals surface area contributed by atoms with Crippen LogP contribution in [0, 0.1) is 0 Å². The standard InChI is InChI=1S/C16H27N3O2/c1-4-9-19(10-5-2)11-8-16(20)18-14-7-6-13(17)12-15(14)21-3/h6-7,12H,4-5,8-11,17H2,1-3H3,(H,18,20). The number of carbonyl (C=O) groups is 1. The molecule has 0 fully saturated rings. The highest BCUT2D eigenvalue weighted by atomic mass is 16.5. The molecule has 1 rings (SSSR count). The molecule has 0 aliphatic carbocycles. The van der Waals surface area contributed by atoms with Crippen molar-refractivity contribution in [1.82, 2.24) is 4.90 Å². The lowest BCUT2D eigenvalue weighted by Gasteiger charge is -2.20. The first-order valence-corrected chi connectivity index (χ1v) is 7.56. The second kappa shape index (κ2) is 9.23. The number of rotatable bonds is 9. The summed E-state index contributed by atoms with van der Waals surface area (Å²) in [5.41, 5.74) is 6.97. The number of hydrogen-bond acceptors (Lipinski definition) is 4. The molecular formula is C16H27N3O2. The normalized spacial score (nSPS) is 10.7. The quantitative estimate of drug-likeness (QED) is 0.687. The van der Waals surface area contributed by atoms with Crippen molar-refractivity contribution in [2.45, 2.75) is 33.1 Å². The molecule has 0 atom stereocenters. The zero-order valence-corrected chi connectivity index (χ0v) is 13.3. The third-order valence-corrected chi connectivity index (χ3v) is 3.23. The average Bonchev–Trinajstić information content (AvgIpc) is 2.47. The molecule has 0 aliphatic rings. The van der Waals surface area contributed by atoms with Crippen LogP contribution >= 0.6 is 0 Å². The Morgan fingerprint density at radius 3 is 2.48 bits per heavy atom. The lowest BCUT2D eigenvalue weighted by Crippen LogP contribution is -2.29. The van der Waals surface area contributed by atoms with E-state index in [1.165, 1.54) is 0 Å². The molecule has 0 saturated heterocycles. The van der Waals surface area contributed by atoms with Gasteiger partial charge in [0.1, 0.15) is 5.75 Å². The summed E-state index contributed by atoms with van der Waals surface area (Å²) >= 11 is 0. The molecule has 0 saturated carbocycles. The summed E-state index contributed by atoms with van der Waals surface area (Å²) in [7, 11) is 1.56. The third-order valence-electron chi connectivity index (χ3n) is 3.23. The number of nitrogens with one attached hydrogen (secondary N) is 1. The molecule has 1 aromatic carbocycles. The summed E-state index contributed by atoms with van der Waals surface area (Å²) in [6, 6.07) is 5.22. The number of carbonyl (C=O) groups excluding carboxylic acids is 1. The highest BCUT2D eigenvalue weighted by Crippen LogP contribution is 2.26. The molecule has 1 aromatic rings. The molecule has 3 N–H and O–H groups in total. The Kier molecular flexibility index (Phi) is 7.61. The molecule has 1 amide bonds. The fourth-order valence-corrected chi connectivity index (χ4v) is 2.25. The van der Waals surface area contributed by atoms with Gasteiger partial charge in [-0.2, -0.15) is 0 Å². The van der Waals surface area contributed by atoms with Gasteiger partial charge in [0.25, 0.3) is 0 Å². The lowest BCUT2D eigenvalue weighted by atomic mass is 10.2. The molecule has 0 bridgehead atoms. The molecule has 5 nitrogen and oxygen atoms in total. The van der Waals surface area contributed by atoms with Gasteiger partial charge in [-0.15, -0.1) is 0 Å². The fourth-order valence-electron chi connectivity index (χ4n) is 2.25. The molecule has 0 heterocycles. The summed E-state index contributed by atoms with van der Waals surface area (Å²) in [5, 5.41) is 2.88. The van der Waals surface area contributed by atoms with Gasteiger partial charge in [-0.25, -0.2) is 0 Å². The topological polar surface area (TPSA) is 67.6 Å². The maximum absolute atomic E-state index is 12.1. The number of amides is 1. The van der Waals surface area contributed by atoms with E-state index < -0.39 is 0 Å². The average molecular weight is 293 g/mol. The Morgan fingerprint density at radius 1 is 1.24 bits per heavy atom. The second-order valence-corrected chi connectivity index (χ2v) is 5.10. The van der Waals surface area contributed by atoms with Gasteiger partial charge < -0.3 is 20.7 Å². The summed E-state index contributed by atoms with van der Waals surface area (Å²) in [4.78, 5) is 14.4. The monoisotopic (exact) mass is 293 g/mol. The van der Waals surface area contributed by atoms with E-state index in [-0.39, 0.29) is 5.91 Å². The first-order valence-electron chi connectivity index (χ1n) is 7.56. The highest BCUT2D eigenvalue weighted by molar-refractivity contribution is 5.92. The third kappa shape index (κ3) is 6.04. The van der Waals surface area contributed by atoms with E-state index >= 15 is 0 Å². The molecule has 5 heteroatoms. The van der Waals surface area contributed by atoms with Crippen molar-refractivity contribution in [2.75, 3.05) is 37.8 Å². The van der Waals surface area contributed by atoms with Gasteiger partial charge in [-0.1, -0.05) is 13.8 Å². The van der Waals surface area contributed by atoms with Crippen molar-refractivity contribution in [3.05, 3.63) is 18.2 Å². The summed E-state index contributed by atoms with van der Waals surface area (Å²) in [5.74, 6) is 0.581. The Bertz CT molecular complexity index is 443. The number of nitrogens with two attached hydrogens (primary N) is 1. The minimum Gasteiger partial charge on any atom is -0.494 e. The number of ether oxygens (including phenoxy) is 1. The van der Waals surface area contributed by atoms with Gasteiger partial charge in [-0.05, 0) is 38.1 Å². The van der Waals surface area contributed by atoms with Gasteiger partial charge >= 0.3 is 0 Å². The van der Waals surface area contributed by atoms with Crippen LogP contribution in [0.3, 0.4) is 0 Å². The van der Waals surface area contributed by atoms with Crippen LogP contribution in [0.5, 0.6) is 5.75 Å². The highest BCUT2D eigenvalue weighted by Gasteiger charge is 2.10. The lowest BCUT2D eigenvalue weighted by molar-refractivity contribution is -0.116. The number of nitrogen functional groups attached to an aromatic ring is 1. The zero-order valence-electron chi connectivity index (χ0n) is 13.3. The van der Waals surface area contributed by atoms with Crippen LogP contribution in [0.2, 0.25) is 0 Å². The van der Waals surface area contributed by atoms with E-state index in [1.807, 2.05) is 0 Å². The Morgan fingerprint density at radius 2 is 1.90 bits per heavy atom. The first kappa shape index (κ1) is 17.3. The van der Waals surface area contributed by atoms with E-state index in [2.05, 4.69) is 24.1 Å². The van der Waals surface area contributed by atoms with Crippen molar-refractivity contribution in [3.8, 4) is 5.75 Å². The Balaban J connectivity index is 2.53. The zero-order chi connectivity index (χ0) is 15.7. The van der Waals surface area contributed by atoms with Crippen LogP contribution in [0.15, 0.2) is 18.2 Å². The van der Waals surface area contributed by atoms with E-state index in [9.17, 15) is 4.79 Å². The van der Waals surface area contributed by atoms with E-state index in [4.69, 9.17) is 10.5 Å². The summed E-state index contributed by atoms with van der Waals surface area (Å²) in [6.45, 7) is 7.16. The van der Waals surface area contributed by atoms with E-state index in [0.29, 0.717) is 23.5 Å². The number of anilines is 2. The number of hydrogen-bond donors (Lipinski definition) is 2. The molecule has 0 aliphatic heterocycles. The molecule has 0 spiro atoms. The van der Waals surface area contributed by atoms with Crippen LogP contribution in [0.1, 0.15) is 33.1 Å². The Labute approximate surface area is 127 Å². The molecule has 21 heavy (non-hydrogen) atoms. The first-order chi connectivity index (χ1) is 10.1. The number of benzene rings is 1.